The van der Waals surface area contributed by atoms with Crippen molar-refractivity contribution < 1.29 is 0 Å². The van der Waals surface area contributed by atoms with Crippen molar-refractivity contribution in [3.8, 4) is 0 Å². The van der Waals surface area contributed by atoms with E-state index in [1.54, 1.807) is 0 Å². The zero-order chi connectivity index (χ0) is 13.9. The summed E-state index contributed by atoms with van der Waals surface area (Å²) in [7, 11) is 0. The van der Waals surface area contributed by atoms with Crippen molar-refractivity contribution in [2.75, 3.05) is 13.1 Å². The second kappa shape index (κ2) is 6.28. The standard InChI is InChI=1S/C18H28N2/c1-14-8-9-15(2)20(13-14)18(12-19-17-10-11-17)16-6-4-3-5-7-16/h3-7,14-15,17-19H,8-13H2,1-2H3. The number of hydrogen-bond acceptors (Lipinski definition) is 2. The fraction of sp³-hybridized carbons (Fsp3) is 0.667. The van der Waals surface area contributed by atoms with E-state index in [0.29, 0.717) is 12.1 Å². The van der Waals surface area contributed by atoms with Crippen molar-refractivity contribution in [2.45, 2.75) is 57.7 Å². The summed E-state index contributed by atoms with van der Waals surface area (Å²) < 4.78 is 0. The van der Waals surface area contributed by atoms with Gasteiger partial charge in [0, 0.05) is 31.2 Å². The Bertz CT molecular complexity index is 413. The first kappa shape index (κ1) is 14.1. The van der Waals surface area contributed by atoms with Gasteiger partial charge in [0.1, 0.15) is 0 Å². The lowest BCUT2D eigenvalue weighted by Gasteiger charge is -2.42. The summed E-state index contributed by atoms with van der Waals surface area (Å²) in [5.74, 6) is 0.832. The number of likely N-dealkylation sites (tertiary alicyclic amines) is 1. The van der Waals surface area contributed by atoms with Crippen LogP contribution in [0.15, 0.2) is 30.3 Å². The number of piperidine rings is 1. The zero-order valence-corrected chi connectivity index (χ0v) is 12.9. The van der Waals surface area contributed by atoms with Gasteiger partial charge >= 0.3 is 0 Å². The van der Waals surface area contributed by atoms with Crippen molar-refractivity contribution in [3.63, 3.8) is 0 Å². The van der Waals surface area contributed by atoms with Gasteiger partial charge in [-0.15, -0.1) is 0 Å². The average molecular weight is 272 g/mol. The molecule has 3 unspecified atom stereocenters. The highest BCUT2D eigenvalue weighted by molar-refractivity contribution is 5.20. The molecule has 1 aromatic rings. The minimum Gasteiger partial charge on any atom is -0.312 e. The summed E-state index contributed by atoms with van der Waals surface area (Å²) in [4.78, 5) is 2.74. The van der Waals surface area contributed by atoms with Crippen LogP contribution >= 0.6 is 0 Å². The van der Waals surface area contributed by atoms with E-state index >= 15 is 0 Å². The number of nitrogens with zero attached hydrogens (tertiary/aromatic N) is 1. The van der Waals surface area contributed by atoms with Crippen LogP contribution in [0.2, 0.25) is 0 Å². The molecule has 0 bridgehead atoms. The maximum Gasteiger partial charge on any atom is 0.0475 e. The third kappa shape index (κ3) is 3.42. The lowest BCUT2D eigenvalue weighted by atomic mass is 9.91. The molecule has 1 aliphatic carbocycles. The van der Waals surface area contributed by atoms with E-state index in [0.717, 1.165) is 18.5 Å². The molecule has 0 spiro atoms. The van der Waals surface area contributed by atoms with Crippen molar-refractivity contribution >= 4 is 0 Å². The molecular weight excluding hydrogens is 244 g/mol. The molecule has 2 nitrogen and oxygen atoms in total. The Morgan fingerprint density at radius 1 is 1.10 bits per heavy atom. The Kier molecular flexibility index (Phi) is 4.42. The van der Waals surface area contributed by atoms with Crippen molar-refractivity contribution in [3.05, 3.63) is 35.9 Å². The SMILES string of the molecule is CC1CCC(C)N(C(CNC2CC2)c2ccccc2)C1. The molecule has 20 heavy (non-hydrogen) atoms. The van der Waals surface area contributed by atoms with Crippen molar-refractivity contribution in [2.24, 2.45) is 5.92 Å². The van der Waals surface area contributed by atoms with Crippen LogP contribution in [0.4, 0.5) is 0 Å². The molecule has 0 amide bonds. The number of benzene rings is 1. The number of nitrogens with one attached hydrogen (secondary N) is 1. The summed E-state index contributed by atoms with van der Waals surface area (Å²) in [6.07, 6.45) is 5.46. The number of hydrogen-bond donors (Lipinski definition) is 1. The van der Waals surface area contributed by atoms with Gasteiger partial charge in [-0.3, -0.25) is 4.90 Å². The molecule has 0 aromatic heterocycles. The van der Waals surface area contributed by atoms with Gasteiger partial charge in [0.2, 0.25) is 0 Å². The molecule has 2 heteroatoms. The Morgan fingerprint density at radius 2 is 1.85 bits per heavy atom. The Labute approximate surface area is 123 Å². The van der Waals surface area contributed by atoms with Gasteiger partial charge in [0.05, 0.1) is 0 Å². The molecule has 1 aliphatic heterocycles. The average Bonchev–Trinajstić information content (AvgIpc) is 3.28. The van der Waals surface area contributed by atoms with Crippen LogP contribution in [0, 0.1) is 5.92 Å². The summed E-state index contributed by atoms with van der Waals surface area (Å²) in [5, 5.41) is 3.75. The largest absolute Gasteiger partial charge is 0.312 e. The quantitative estimate of drug-likeness (QED) is 0.881. The smallest absolute Gasteiger partial charge is 0.0475 e. The fourth-order valence-corrected chi connectivity index (χ4v) is 3.42. The Morgan fingerprint density at radius 3 is 2.55 bits per heavy atom. The molecule has 2 fully saturated rings. The minimum atomic E-state index is 0.537. The highest BCUT2D eigenvalue weighted by atomic mass is 15.2. The first-order valence-corrected chi connectivity index (χ1v) is 8.28. The lowest BCUT2D eigenvalue weighted by molar-refractivity contribution is 0.0755. The fourth-order valence-electron chi connectivity index (χ4n) is 3.42. The zero-order valence-electron chi connectivity index (χ0n) is 12.9. The molecule has 0 radical (unpaired) electrons. The van der Waals surface area contributed by atoms with E-state index in [1.807, 2.05) is 0 Å². The topological polar surface area (TPSA) is 15.3 Å². The van der Waals surface area contributed by atoms with Gasteiger partial charge in [-0.2, -0.15) is 0 Å². The first-order valence-electron chi connectivity index (χ1n) is 8.28. The molecule has 3 rings (SSSR count). The molecule has 1 saturated heterocycles. The van der Waals surface area contributed by atoms with E-state index in [-0.39, 0.29) is 0 Å². The van der Waals surface area contributed by atoms with Crippen molar-refractivity contribution in [1.82, 2.24) is 10.2 Å². The van der Waals surface area contributed by atoms with E-state index in [4.69, 9.17) is 0 Å². The normalized spacial score (nSPS) is 29.3. The first-order chi connectivity index (χ1) is 9.74. The predicted octanol–water partition coefficient (Wildman–Crippen LogP) is 3.60. The van der Waals surface area contributed by atoms with E-state index in [9.17, 15) is 0 Å². The highest BCUT2D eigenvalue weighted by Crippen LogP contribution is 2.31. The van der Waals surface area contributed by atoms with Crippen molar-refractivity contribution in [1.29, 1.82) is 0 Å². The highest BCUT2D eigenvalue weighted by Gasteiger charge is 2.31. The second-order valence-corrected chi connectivity index (χ2v) is 6.84. The molecule has 110 valence electrons. The summed E-state index contributed by atoms with van der Waals surface area (Å²) in [6, 6.07) is 13.1. The molecule has 2 aliphatic rings. The van der Waals surface area contributed by atoms with Crippen LogP contribution in [-0.4, -0.2) is 30.1 Å². The van der Waals surface area contributed by atoms with Gasteiger partial charge in [-0.25, -0.2) is 0 Å². The van der Waals surface area contributed by atoms with Gasteiger partial charge < -0.3 is 5.32 Å². The van der Waals surface area contributed by atoms with Crippen LogP contribution in [0.25, 0.3) is 0 Å². The predicted molar refractivity (Wildman–Crippen MR) is 84.8 cm³/mol. The summed E-state index contributed by atoms with van der Waals surface area (Å²) >= 11 is 0. The van der Waals surface area contributed by atoms with Gasteiger partial charge in [-0.1, -0.05) is 37.3 Å². The van der Waals surface area contributed by atoms with E-state index < -0.39 is 0 Å². The van der Waals surface area contributed by atoms with Crippen LogP contribution in [0.5, 0.6) is 0 Å². The van der Waals surface area contributed by atoms with Crippen LogP contribution in [0.1, 0.15) is 51.1 Å². The van der Waals surface area contributed by atoms with Gasteiger partial charge in [-0.05, 0) is 44.1 Å². The van der Waals surface area contributed by atoms with E-state index in [2.05, 4.69) is 54.4 Å². The van der Waals surface area contributed by atoms with Gasteiger partial charge in [0.25, 0.3) is 0 Å². The Balaban J connectivity index is 1.75. The maximum atomic E-state index is 3.75. The van der Waals surface area contributed by atoms with Crippen LogP contribution in [-0.2, 0) is 0 Å². The van der Waals surface area contributed by atoms with E-state index in [1.165, 1.54) is 37.8 Å². The molecule has 1 N–H and O–H groups in total. The molecule has 1 heterocycles. The molecular formula is C18H28N2. The maximum absolute atomic E-state index is 3.75. The summed E-state index contributed by atoms with van der Waals surface area (Å²) in [6.45, 7) is 7.15. The molecule has 1 saturated carbocycles. The second-order valence-electron chi connectivity index (χ2n) is 6.84. The van der Waals surface area contributed by atoms with Gasteiger partial charge in [0.15, 0.2) is 0 Å². The monoisotopic (exact) mass is 272 g/mol. The number of rotatable bonds is 5. The third-order valence-electron chi connectivity index (χ3n) is 4.93. The third-order valence-corrected chi connectivity index (χ3v) is 4.93. The Hall–Kier alpha value is -0.860. The minimum absolute atomic E-state index is 0.537. The summed E-state index contributed by atoms with van der Waals surface area (Å²) in [5.41, 5.74) is 1.47. The molecule has 3 atom stereocenters. The van der Waals surface area contributed by atoms with Crippen LogP contribution < -0.4 is 5.32 Å². The molecule has 1 aromatic carbocycles. The van der Waals surface area contributed by atoms with Crippen LogP contribution in [0.3, 0.4) is 0 Å². The lowest BCUT2D eigenvalue weighted by Crippen LogP contribution is -2.46.